The molecule has 1 atom stereocenters. The van der Waals surface area contributed by atoms with Crippen LogP contribution in [0.2, 0.25) is 0 Å². The molecular weight excluding hydrogens is 322 g/mol. The van der Waals surface area contributed by atoms with E-state index in [-0.39, 0.29) is 5.56 Å². The lowest BCUT2D eigenvalue weighted by atomic mass is 10.1. The average molecular weight is 345 g/mol. The second-order valence-electron chi connectivity index (χ2n) is 6.51. The number of H-pyrrole nitrogens is 1. The molecule has 6 heteroatoms. The molecule has 2 aromatic rings. The first-order valence-electron chi connectivity index (χ1n) is 8.64. The molecule has 2 aliphatic rings. The van der Waals surface area contributed by atoms with E-state index in [1.807, 2.05) is 0 Å². The summed E-state index contributed by atoms with van der Waals surface area (Å²) < 4.78 is 5.42. The van der Waals surface area contributed by atoms with Gasteiger partial charge in [0.2, 0.25) is 0 Å². The minimum atomic E-state index is -0.0184. The van der Waals surface area contributed by atoms with E-state index in [2.05, 4.69) is 37.7 Å². The number of thiophene rings is 1. The number of pyridine rings is 1. The van der Waals surface area contributed by atoms with E-state index < -0.39 is 0 Å². The van der Waals surface area contributed by atoms with Gasteiger partial charge in [0.25, 0.3) is 5.56 Å². The number of aromatic nitrogens is 1. The molecule has 0 spiro atoms. The molecule has 0 amide bonds. The lowest BCUT2D eigenvalue weighted by molar-refractivity contribution is 0.122. The highest BCUT2D eigenvalue weighted by Crippen LogP contribution is 2.28. The van der Waals surface area contributed by atoms with Crippen LogP contribution >= 0.6 is 11.3 Å². The zero-order chi connectivity index (χ0) is 16.4. The quantitative estimate of drug-likeness (QED) is 0.925. The number of hydrogen-bond acceptors (Lipinski definition) is 5. The van der Waals surface area contributed by atoms with Crippen molar-refractivity contribution in [1.82, 2.24) is 4.98 Å². The van der Waals surface area contributed by atoms with Gasteiger partial charge in [0, 0.05) is 43.5 Å². The summed E-state index contributed by atoms with van der Waals surface area (Å²) in [5.74, 6) is 0.960. The van der Waals surface area contributed by atoms with Crippen molar-refractivity contribution in [2.24, 2.45) is 0 Å². The van der Waals surface area contributed by atoms with Crippen LogP contribution in [0.25, 0.3) is 0 Å². The third-order valence-corrected chi connectivity index (χ3v) is 5.66. The molecule has 0 aliphatic carbocycles. The van der Waals surface area contributed by atoms with Crippen LogP contribution in [-0.4, -0.2) is 43.9 Å². The predicted molar refractivity (Wildman–Crippen MR) is 98.5 cm³/mol. The second kappa shape index (κ2) is 6.99. The van der Waals surface area contributed by atoms with Crippen molar-refractivity contribution < 1.29 is 4.74 Å². The SMILES string of the molecule is O=c1cc(N2CCOCC2)cc(N2CCCC2Cc2ccsc2)[nH]1. The summed E-state index contributed by atoms with van der Waals surface area (Å²) in [4.78, 5) is 19.9. The minimum Gasteiger partial charge on any atom is -0.378 e. The van der Waals surface area contributed by atoms with E-state index in [0.29, 0.717) is 6.04 Å². The van der Waals surface area contributed by atoms with Crippen molar-refractivity contribution in [1.29, 1.82) is 0 Å². The fourth-order valence-electron chi connectivity index (χ4n) is 3.72. The maximum absolute atomic E-state index is 12.2. The molecule has 128 valence electrons. The summed E-state index contributed by atoms with van der Waals surface area (Å²) in [5.41, 5.74) is 2.39. The Hall–Kier alpha value is -1.79. The van der Waals surface area contributed by atoms with Crippen LogP contribution in [0.3, 0.4) is 0 Å². The Morgan fingerprint density at radius 1 is 1.25 bits per heavy atom. The predicted octanol–water partition coefficient (Wildman–Crippen LogP) is 2.48. The zero-order valence-electron chi connectivity index (χ0n) is 13.7. The number of rotatable bonds is 4. The van der Waals surface area contributed by atoms with Gasteiger partial charge in [-0.05, 0) is 41.7 Å². The van der Waals surface area contributed by atoms with Gasteiger partial charge in [-0.25, -0.2) is 0 Å². The van der Waals surface area contributed by atoms with Gasteiger partial charge < -0.3 is 19.5 Å². The largest absolute Gasteiger partial charge is 0.378 e. The van der Waals surface area contributed by atoms with E-state index in [1.165, 1.54) is 18.4 Å². The van der Waals surface area contributed by atoms with E-state index >= 15 is 0 Å². The van der Waals surface area contributed by atoms with Gasteiger partial charge in [-0.15, -0.1) is 0 Å². The third-order valence-electron chi connectivity index (χ3n) is 4.93. The molecule has 5 nitrogen and oxygen atoms in total. The van der Waals surface area contributed by atoms with Crippen LogP contribution in [0.1, 0.15) is 18.4 Å². The Bertz CT molecular complexity index is 722. The van der Waals surface area contributed by atoms with Crippen molar-refractivity contribution >= 4 is 22.8 Å². The Labute approximate surface area is 145 Å². The number of ether oxygens (including phenoxy) is 1. The van der Waals surface area contributed by atoms with E-state index in [9.17, 15) is 4.79 Å². The molecule has 24 heavy (non-hydrogen) atoms. The highest BCUT2D eigenvalue weighted by atomic mass is 32.1. The molecule has 1 unspecified atom stereocenters. The third kappa shape index (κ3) is 3.35. The second-order valence-corrected chi connectivity index (χ2v) is 7.29. The van der Waals surface area contributed by atoms with Gasteiger partial charge in [0.1, 0.15) is 5.82 Å². The number of hydrogen-bond donors (Lipinski definition) is 1. The molecule has 2 saturated heterocycles. The minimum absolute atomic E-state index is 0.0184. The molecule has 2 fully saturated rings. The van der Waals surface area contributed by atoms with Crippen molar-refractivity contribution in [2.75, 3.05) is 42.6 Å². The monoisotopic (exact) mass is 345 g/mol. The molecule has 0 radical (unpaired) electrons. The van der Waals surface area contributed by atoms with E-state index in [4.69, 9.17) is 4.74 Å². The summed E-state index contributed by atoms with van der Waals surface area (Å²) in [6.07, 6.45) is 3.41. The highest BCUT2D eigenvalue weighted by Gasteiger charge is 2.26. The van der Waals surface area contributed by atoms with Crippen LogP contribution in [-0.2, 0) is 11.2 Å². The Morgan fingerprint density at radius 3 is 2.92 bits per heavy atom. The summed E-state index contributed by atoms with van der Waals surface area (Å²) in [5, 5.41) is 4.36. The van der Waals surface area contributed by atoms with Gasteiger partial charge in [-0.1, -0.05) is 0 Å². The van der Waals surface area contributed by atoms with Crippen molar-refractivity contribution in [3.05, 3.63) is 44.9 Å². The number of anilines is 2. The summed E-state index contributed by atoms with van der Waals surface area (Å²) >= 11 is 1.75. The van der Waals surface area contributed by atoms with Gasteiger partial charge in [-0.3, -0.25) is 4.79 Å². The number of nitrogens with one attached hydrogen (secondary N) is 1. The van der Waals surface area contributed by atoms with Gasteiger partial charge in [0.15, 0.2) is 0 Å². The first kappa shape index (κ1) is 15.7. The summed E-state index contributed by atoms with van der Waals surface area (Å²) in [7, 11) is 0. The number of nitrogens with zero attached hydrogens (tertiary/aromatic N) is 2. The number of morpholine rings is 1. The lowest BCUT2D eigenvalue weighted by Crippen LogP contribution is -2.37. The van der Waals surface area contributed by atoms with Crippen molar-refractivity contribution in [3.8, 4) is 0 Å². The Morgan fingerprint density at radius 2 is 2.12 bits per heavy atom. The molecule has 0 saturated carbocycles. The van der Waals surface area contributed by atoms with Crippen LogP contribution in [0.5, 0.6) is 0 Å². The van der Waals surface area contributed by atoms with E-state index in [1.54, 1.807) is 17.4 Å². The lowest BCUT2D eigenvalue weighted by Gasteiger charge is -2.31. The normalized spacial score (nSPS) is 21.4. The van der Waals surface area contributed by atoms with Gasteiger partial charge in [0.05, 0.1) is 13.2 Å². The topological polar surface area (TPSA) is 48.6 Å². The number of aromatic amines is 1. The molecule has 2 aromatic heterocycles. The standard InChI is InChI=1S/C18H23N3O2S/c22-18-12-16(20-5-7-23-8-6-20)11-17(19-18)21-4-1-2-15(21)10-14-3-9-24-13-14/h3,9,11-13,15H,1-2,4-8,10H2,(H,19,22). The first-order chi connectivity index (χ1) is 11.8. The zero-order valence-corrected chi connectivity index (χ0v) is 14.6. The van der Waals surface area contributed by atoms with Crippen molar-refractivity contribution in [2.45, 2.75) is 25.3 Å². The average Bonchev–Trinajstić information content (AvgIpc) is 3.27. The van der Waals surface area contributed by atoms with Crippen LogP contribution in [0.15, 0.2) is 33.8 Å². The van der Waals surface area contributed by atoms with Crippen LogP contribution in [0.4, 0.5) is 11.5 Å². The molecule has 0 aromatic carbocycles. The molecule has 1 N–H and O–H groups in total. The summed E-state index contributed by atoms with van der Waals surface area (Å²) in [6, 6.07) is 6.51. The molecular formula is C18H23N3O2S. The molecule has 4 heterocycles. The van der Waals surface area contributed by atoms with Gasteiger partial charge >= 0.3 is 0 Å². The van der Waals surface area contributed by atoms with E-state index in [0.717, 1.165) is 50.8 Å². The van der Waals surface area contributed by atoms with Crippen molar-refractivity contribution in [3.63, 3.8) is 0 Å². The maximum atomic E-state index is 12.2. The van der Waals surface area contributed by atoms with Crippen LogP contribution in [0, 0.1) is 0 Å². The first-order valence-corrected chi connectivity index (χ1v) is 9.59. The maximum Gasteiger partial charge on any atom is 0.251 e. The molecule has 0 bridgehead atoms. The van der Waals surface area contributed by atoms with Gasteiger partial charge in [-0.2, -0.15) is 11.3 Å². The molecule has 2 aliphatic heterocycles. The van der Waals surface area contributed by atoms with Crippen LogP contribution < -0.4 is 15.4 Å². The Balaban J connectivity index is 1.58. The molecule has 4 rings (SSSR count). The fraction of sp³-hybridized carbons (Fsp3) is 0.500. The fourth-order valence-corrected chi connectivity index (χ4v) is 4.40. The Kier molecular flexibility index (Phi) is 4.58. The summed E-state index contributed by atoms with van der Waals surface area (Å²) in [6.45, 7) is 4.17. The smallest absolute Gasteiger partial charge is 0.251 e. The highest BCUT2D eigenvalue weighted by molar-refractivity contribution is 7.07.